The SMILES string of the molecule is COC(=O)[C@H](C[C@@H]1CC2(CCC2)NC1=O)NC(=O)[C@@H]1[C@@H]2[C@H](CN1C(=O)[C@@H](NC(=O)OC(C)(C)C)C(C)(C)C)C2(C)C. The Labute approximate surface area is 243 Å². The van der Waals surface area contributed by atoms with E-state index in [-0.39, 0.29) is 41.0 Å². The molecule has 11 heteroatoms. The quantitative estimate of drug-likeness (QED) is 0.395. The maximum Gasteiger partial charge on any atom is 0.408 e. The van der Waals surface area contributed by atoms with E-state index in [0.29, 0.717) is 13.0 Å². The highest BCUT2D eigenvalue weighted by Gasteiger charge is 2.70. The van der Waals surface area contributed by atoms with E-state index in [4.69, 9.17) is 9.47 Å². The van der Waals surface area contributed by atoms with Gasteiger partial charge in [0.25, 0.3) is 0 Å². The van der Waals surface area contributed by atoms with E-state index in [1.54, 1.807) is 25.7 Å². The van der Waals surface area contributed by atoms with E-state index in [2.05, 4.69) is 29.8 Å². The summed E-state index contributed by atoms with van der Waals surface area (Å²) in [7, 11) is 1.26. The molecule has 0 radical (unpaired) electrons. The number of rotatable bonds is 7. The predicted octanol–water partition coefficient (Wildman–Crippen LogP) is 2.52. The lowest BCUT2D eigenvalue weighted by atomic mass is 9.74. The van der Waals surface area contributed by atoms with Crippen molar-refractivity contribution < 1.29 is 33.4 Å². The van der Waals surface area contributed by atoms with Gasteiger partial charge in [0.2, 0.25) is 17.7 Å². The molecule has 6 atom stereocenters. The second-order valence-electron chi connectivity index (χ2n) is 15.2. The highest BCUT2D eigenvalue weighted by Crippen LogP contribution is 2.65. The fourth-order valence-corrected chi connectivity index (χ4v) is 7.05. The number of piperidine rings is 1. The molecule has 0 unspecified atom stereocenters. The number of fused-ring (bicyclic) bond motifs is 1. The van der Waals surface area contributed by atoms with E-state index in [1.807, 2.05) is 20.8 Å². The predicted molar refractivity (Wildman–Crippen MR) is 150 cm³/mol. The molecule has 4 aliphatic rings. The third-order valence-electron chi connectivity index (χ3n) is 9.56. The van der Waals surface area contributed by atoms with Crippen LogP contribution in [0.2, 0.25) is 0 Å². The van der Waals surface area contributed by atoms with Crippen LogP contribution in [-0.4, -0.2) is 77.6 Å². The van der Waals surface area contributed by atoms with E-state index in [9.17, 15) is 24.0 Å². The van der Waals surface area contributed by atoms with Gasteiger partial charge in [-0.2, -0.15) is 0 Å². The molecule has 0 aromatic rings. The largest absolute Gasteiger partial charge is 0.467 e. The van der Waals surface area contributed by atoms with Gasteiger partial charge in [-0.15, -0.1) is 0 Å². The van der Waals surface area contributed by atoms with Gasteiger partial charge < -0.3 is 30.3 Å². The number of amides is 4. The van der Waals surface area contributed by atoms with Crippen LogP contribution in [0, 0.1) is 28.6 Å². The number of hydrogen-bond acceptors (Lipinski definition) is 7. The molecule has 4 amide bonds. The minimum absolute atomic E-state index is 0.0973. The van der Waals surface area contributed by atoms with Crippen molar-refractivity contribution in [2.24, 2.45) is 28.6 Å². The molecular formula is C30H48N4O7. The topological polar surface area (TPSA) is 143 Å². The van der Waals surface area contributed by atoms with Crippen molar-refractivity contribution in [2.75, 3.05) is 13.7 Å². The number of nitrogens with one attached hydrogen (secondary N) is 3. The van der Waals surface area contributed by atoms with Crippen LogP contribution in [0.15, 0.2) is 0 Å². The average molecular weight is 577 g/mol. The second kappa shape index (κ2) is 10.5. The molecule has 0 bridgehead atoms. The van der Waals surface area contributed by atoms with Gasteiger partial charge >= 0.3 is 12.1 Å². The summed E-state index contributed by atoms with van der Waals surface area (Å²) in [6, 6.07) is -2.78. The summed E-state index contributed by atoms with van der Waals surface area (Å²) < 4.78 is 10.4. The summed E-state index contributed by atoms with van der Waals surface area (Å²) in [5.74, 6) is -1.94. The lowest BCUT2D eigenvalue weighted by molar-refractivity contribution is -0.148. The van der Waals surface area contributed by atoms with Gasteiger partial charge in [0, 0.05) is 18.0 Å². The molecule has 11 nitrogen and oxygen atoms in total. The lowest BCUT2D eigenvalue weighted by Gasteiger charge is -2.38. The van der Waals surface area contributed by atoms with Gasteiger partial charge in [0.15, 0.2) is 0 Å². The van der Waals surface area contributed by atoms with Crippen molar-refractivity contribution in [3.05, 3.63) is 0 Å². The minimum atomic E-state index is -1.02. The van der Waals surface area contributed by atoms with Gasteiger partial charge in [0.05, 0.1) is 7.11 Å². The first-order valence-electron chi connectivity index (χ1n) is 14.8. The minimum Gasteiger partial charge on any atom is -0.467 e. The smallest absolute Gasteiger partial charge is 0.408 e. The van der Waals surface area contributed by atoms with Crippen molar-refractivity contribution in [2.45, 2.75) is 117 Å². The molecule has 4 rings (SSSR count). The van der Waals surface area contributed by atoms with E-state index in [1.165, 1.54) is 7.11 Å². The van der Waals surface area contributed by atoms with Crippen molar-refractivity contribution in [1.29, 1.82) is 0 Å². The summed E-state index contributed by atoms with van der Waals surface area (Å²) in [6.07, 6.45) is 2.97. The van der Waals surface area contributed by atoms with Crippen LogP contribution < -0.4 is 16.0 Å². The summed E-state index contributed by atoms with van der Waals surface area (Å²) in [5, 5.41) is 8.68. The Morgan fingerprint density at radius 3 is 2.20 bits per heavy atom. The zero-order valence-corrected chi connectivity index (χ0v) is 26.0. The summed E-state index contributed by atoms with van der Waals surface area (Å²) in [4.78, 5) is 67.7. The Bertz CT molecular complexity index is 1100. The van der Waals surface area contributed by atoms with Gasteiger partial charge in [-0.25, -0.2) is 9.59 Å². The molecule has 230 valence electrons. The lowest BCUT2D eigenvalue weighted by Crippen LogP contribution is -2.60. The van der Waals surface area contributed by atoms with Crippen LogP contribution in [0.3, 0.4) is 0 Å². The number of ether oxygens (including phenoxy) is 2. The molecule has 1 spiro atoms. The Morgan fingerprint density at radius 2 is 1.71 bits per heavy atom. The Morgan fingerprint density at radius 1 is 1.07 bits per heavy atom. The van der Waals surface area contributed by atoms with Gasteiger partial charge in [-0.05, 0) is 75.5 Å². The maximum absolute atomic E-state index is 14.0. The molecule has 2 aliphatic carbocycles. The van der Waals surface area contributed by atoms with Gasteiger partial charge in [-0.3, -0.25) is 14.4 Å². The van der Waals surface area contributed by atoms with Gasteiger partial charge in [0.1, 0.15) is 23.7 Å². The monoisotopic (exact) mass is 576 g/mol. The van der Waals surface area contributed by atoms with Crippen LogP contribution in [0.1, 0.15) is 87.5 Å². The van der Waals surface area contributed by atoms with E-state index >= 15 is 0 Å². The summed E-state index contributed by atoms with van der Waals surface area (Å²) in [5.41, 5.74) is -1.75. The molecule has 3 N–H and O–H groups in total. The molecule has 0 aromatic carbocycles. The number of carbonyl (C=O) groups is 5. The van der Waals surface area contributed by atoms with Crippen molar-refractivity contribution in [3.8, 4) is 0 Å². The number of likely N-dealkylation sites (tertiary alicyclic amines) is 1. The first-order valence-corrected chi connectivity index (χ1v) is 14.8. The van der Waals surface area contributed by atoms with Crippen molar-refractivity contribution >= 4 is 29.8 Å². The molecule has 2 heterocycles. The van der Waals surface area contributed by atoms with E-state index < -0.39 is 53.0 Å². The van der Waals surface area contributed by atoms with Crippen molar-refractivity contribution in [3.63, 3.8) is 0 Å². The van der Waals surface area contributed by atoms with Crippen molar-refractivity contribution in [1.82, 2.24) is 20.9 Å². The number of methoxy groups -OCH3 is 1. The second-order valence-corrected chi connectivity index (χ2v) is 15.2. The Hall–Kier alpha value is -2.85. The molecule has 0 aromatic heterocycles. The molecule has 2 aliphatic heterocycles. The maximum atomic E-state index is 14.0. The fourth-order valence-electron chi connectivity index (χ4n) is 7.05. The molecule has 2 saturated heterocycles. The summed E-state index contributed by atoms with van der Waals surface area (Å²) >= 11 is 0. The first kappa shape index (κ1) is 31.1. The van der Waals surface area contributed by atoms with Gasteiger partial charge in [-0.1, -0.05) is 34.6 Å². The Balaban J connectivity index is 1.53. The molecule has 4 fully saturated rings. The van der Waals surface area contributed by atoms with Crippen LogP contribution >= 0.6 is 0 Å². The number of nitrogens with zero attached hydrogens (tertiary/aromatic N) is 1. The van der Waals surface area contributed by atoms with Crippen LogP contribution in [-0.2, 0) is 28.7 Å². The van der Waals surface area contributed by atoms with Crippen LogP contribution in [0.25, 0.3) is 0 Å². The molecule has 41 heavy (non-hydrogen) atoms. The number of hydrogen-bond donors (Lipinski definition) is 3. The normalized spacial score (nSPS) is 29.0. The summed E-state index contributed by atoms with van der Waals surface area (Å²) in [6.45, 7) is 15.3. The van der Waals surface area contributed by atoms with Crippen LogP contribution in [0.5, 0.6) is 0 Å². The zero-order valence-electron chi connectivity index (χ0n) is 26.0. The third-order valence-corrected chi connectivity index (χ3v) is 9.56. The number of carbonyl (C=O) groups excluding carboxylic acids is 5. The average Bonchev–Trinajstić information content (AvgIpc) is 3.15. The molecular weight excluding hydrogens is 528 g/mol. The first-order chi connectivity index (χ1) is 18.8. The number of esters is 1. The zero-order chi connectivity index (χ0) is 30.7. The van der Waals surface area contributed by atoms with E-state index in [0.717, 1.165) is 19.3 Å². The fraction of sp³-hybridized carbons (Fsp3) is 0.833. The number of alkyl carbamates (subject to hydrolysis) is 1. The third kappa shape index (κ3) is 6.18. The van der Waals surface area contributed by atoms with Crippen LogP contribution in [0.4, 0.5) is 4.79 Å². The standard InChI is InChI=1S/C30H48N4O7/c1-27(2,3)21(32-26(39)41-28(4,5)6)24(37)34-15-17-19(29(17,7)8)20(34)23(36)31-18(25(38)40-9)13-16-14-30(11-10-12-30)33-22(16)35/h16-21H,10-15H2,1-9H3,(H,31,36)(H,32,39)(H,33,35)/t16-,17+,18+,19+,20+,21-/m1/s1. The Kier molecular flexibility index (Phi) is 7.93. The highest BCUT2D eigenvalue weighted by molar-refractivity contribution is 5.95. The molecule has 2 saturated carbocycles. The highest BCUT2D eigenvalue weighted by atomic mass is 16.6.